The monoisotopic (exact) mass is 264 g/mol. The summed E-state index contributed by atoms with van der Waals surface area (Å²) in [5, 5.41) is -0.154. The number of hydrogen-bond donors (Lipinski definition) is 0. The van der Waals surface area contributed by atoms with Gasteiger partial charge in [0.2, 0.25) is 0 Å². The molecule has 18 heavy (non-hydrogen) atoms. The number of furan rings is 1. The average molecular weight is 265 g/mol. The number of hydrogen-bond acceptors (Lipinski definition) is 2. The van der Waals surface area contributed by atoms with Crippen LogP contribution in [0.2, 0.25) is 0 Å². The summed E-state index contributed by atoms with van der Waals surface area (Å²) in [7, 11) is 1.71. The van der Waals surface area contributed by atoms with Crippen LogP contribution in [0.25, 0.3) is 0 Å². The predicted octanol–water partition coefficient (Wildman–Crippen LogP) is 4.11. The lowest BCUT2D eigenvalue weighted by atomic mass is 10.0. The maximum atomic E-state index is 6.42. The lowest BCUT2D eigenvalue weighted by Gasteiger charge is -2.08. The molecule has 1 aromatic heterocycles. The first-order chi connectivity index (χ1) is 8.70. The molecule has 96 valence electrons. The second kappa shape index (κ2) is 6.07. The summed E-state index contributed by atoms with van der Waals surface area (Å²) in [6, 6.07) is 10.3. The molecule has 0 amide bonds. The van der Waals surface area contributed by atoms with Gasteiger partial charge in [-0.25, -0.2) is 0 Å². The van der Waals surface area contributed by atoms with E-state index in [0.717, 1.165) is 29.9 Å². The van der Waals surface area contributed by atoms with Crippen LogP contribution in [0.15, 0.2) is 41.0 Å². The average Bonchev–Trinajstić information content (AvgIpc) is 2.83. The van der Waals surface area contributed by atoms with Gasteiger partial charge in [-0.1, -0.05) is 24.3 Å². The van der Waals surface area contributed by atoms with Crippen molar-refractivity contribution in [2.45, 2.75) is 18.7 Å². The Kier molecular flexibility index (Phi) is 4.45. The minimum absolute atomic E-state index is 0.154. The van der Waals surface area contributed by atoms with E-state index < -0.39 is 0 Å². The summed E-state index contributed by atoms with van der Waals surface area (Å²) in [6.45, 7) is 2.66. The minimum Gasteiger partial charge on any atom is -0.469 e. The Bertz CT molecular complexity index is 487. The van der Waals surface area contributed by atoms with Gasteiger partial charge in [0, 0.05) is 12.7 Å². The fraction of sp³-hybridized carbons (Fsp3) is 0.333. The smallest absolute Gasteiger partial charge is 0.101 e. The highest BCUT2D eigenvalue weighted by molar-refractivity contribution is 6.22. The maximum absolute atomic E-state index is 6.42. The minimum atomic E-state index is -0.154. The van der Waals surface area contributed by atoms with Crippen LogP contribution in [0.3, 0.4) is 0 Å². The molecule has 2 aromatic rings. The SMILES string of the molecule is COCCc1ccc(C(Cl)c2coc(C)c2)cc1. The van der Waals surface area contributed by atoms with Gasteiger partial charge < -0.3 is 9.15 Å². The molecule has 0 aliphatic rings. The first-order valence-electron chi connectivity index (χ1n) is 5.97. The Labute approximate surface area is 113 Å². The van der Waals surface area contributed by atoms with Crippen LogP contribution in [-0.4, -0.2) is 13.7 Å². The Morgan fingerprint density at radius 3 is 2.50 bits per heavy atom. The van der Waals surface area contributed by atoms with Gasteiger partial charge in [-0.05, 0) is 30.5 Å². The van der Waals surface area contributed by atoms with E-state index in [1.165, 1.54) is 5.56 Å². The summed E-state index contributed by atoms with van der Waals surface area (Å²) in [4.78, 5) is 0. The highest BCUT2D eigenvalue weighted by atomic mass is 35.5. The van der Waals surface area contributed by atoms with Gasteiger partial charge in [0.15, 0.2) is 0 Å². The summed E-state index contributed by atoms with van der Waals surface area (Å²) in [6.07, 6.45) is 2.64. The number of methoxy groups -OCH3 is 1. The van der Waals surface area contributed by atoms with Crippen LogP contribution in [0.5, 0.6) is 0 Å². The van der Waals surface area contributed by atoms with Crippen LogP contribution in [-0.2, 0) is 11.2 Å². The van der Waals surface area contributed by atoms with Crippen LogP contribution < -0.4 is 0 Å². The number of halogens is 1. The molecule has 0 fully saturated rings. The molecule has 1 aromatic carbocycles. The van der Waals surface area contributed by atoms with Gasteiger partial charge in [-0.15, -0.1) is 11.6 Å². The van der Waals surface area contributed by atoms with E-state index in [1.54, 1.807) is 13.4 Å². The van der Waals surface area contributed by atoms with Crippen LogP contribution in [0.4, 0.5) is 0 Å². The van der Waals surface area contributed by atoms with E-state index in [9.17, 15) is 0 Å². The van der Waals surface area contributed by atoms with E-state index in [-0.39, 0.29) is 5.38 Å². The molecule has 2 rings (SSSR count). The van der Waals surface area contributed by atoms with Gasteiger partial charge in [-0.2, -0.15) is 0 Å². The number of benzene rings is 1. The van der Waals surface area contributed by atoms with Gasteiger partial charge >= 0.3 is 0 Å². The summed E-state index contributed by atoms with van der Waals surface area (Å²) >= 11 is 6.42. The quantitative estimate of drug-likeness (QED) is 0.759. The third-order valence-corrected chi connectivity index (χ3v) is 3.41. The highest BCUT2D eigenvalue weighted by Gasteiger charge is 2.12. The summed E-state index contributed by atoms with van der Waals surface area (Å²) in [5.74, 6) is 0.882. The fourth-order valence-corrected chi connectivity index (χ4v) is 2.12. The van der Waals surface area contributed by atoms with E-state index in [1.807, 2.05) is 13.0 Å². The van der Waals surface area contributed by atoms with Crippen LogP contribution in [0, 0.1) is 6.92 Å². The molecule has 0 saturated carbocycles. The van der Waals surface area contributed by atoms with E-state index in [2.05, 4.69) is 24.3 Å². The summed E-state index contributed by atoms with van der Waals surface area (Å²) < 4.78 is 10.3. The third kappa shape index (κ3) is 3.15. The van der Waals surface area contributed by atoms with Crippen LogP contribution >= 0.6 is 11.6 Å². The molecule has 3 heteroatoms. The van der Waals surface area contributed by atoms with Crippen molar-refractivity contribution in [3.05, 3.63) is 59.0 Å². The fourth-order valence-electron chi connectivity index (χ4n) is 1.86. The Hall–Kier alpha value is -1.25. The van der Waals surface area contributed by atoms with Gasteiger partial charge in [-0.3, -0.25) is 0 Å². The van der Waals surface area contributed by atoms with E-state index in [0.29, 0.717) is 0 Å². The molecule has 0 spiro atoms. The lowest BCUT2D eigenvalue weighted by Crippen LogP contribution is -1.96. The highest BCUT2D eigenvalue weighted by Crippen LogP contribution is 2.30. The normalized spacial score (nSPS) is 12.6. The predicted molar refractivity (Wildman–Crippen MR) is 73.2 cm³/mol. The number of aryl methyl sites for hydroxylation is 1. The second-order valence-corrected chi connectivity index (χ2v) is 4.77. The van der Waals surface area contributed by atoms with Gasteiger partial charge in [0.05, 0.1) is 18.2 Å². The van der Waals surface area contributed by atoms with Gasteiger partial charge in [0.25, 0.3) is 0 Å². The topological polar surface area (TPSA) is 22.4 Å². The first kappa shape index (κ1) is 13.2. The molecule has 0 saturated heterocycles. The number of rotatable bonds is 5. The van der Waals surface area contributed by atoms with Crippen molar-refractivity contribution in [3.63, 3.8) is 0 Å². The Morgan fingerprint density at radius 1 is 1.22 bits per heavy atom. The molecule has 1 unspecified atom stereocenters. The van der Waals surface area contributed by atoms with Crippen molar-refractivity contribution in [2.75, 3.05) is 13.7 Å². The largest absolute Gasteiger partial charge is 0.469 e. The third-order valence-electron chi connectivity index (χ3n) is 2.91. The van der Waals surface area contributed by atoms with Crippen molar-refractivity contribution < 1.29 is 9.15 Å². The van der Waals surface area contributed by atoms with Crippen LogP contribution in [0.1, 0.15) is 27.8 Å². The molecule has 0 aliphatic carbocycles. The molecule has 0 N–H and O–H groups in total. The van der Waals surface area contributed by atoms with E-state index >= 15 is 0 Å². The molecule has 0 radical (unpaired) electrons. The zero-order valence-corrected chi connectivity index (χ0v) is 11.4. The standard InChI is InChI=1S/C15H17ClO2/c1-11-9-14(10-18-11)15(16)13-5-3-12(4-6-13)7-8-17-2/h3-6,9-10,15H,7-8H2,1-2H3. The molecule has 1 atom stereocenters. The van der Waals surface area contributed by atoms with Crippen molar-refractivity contribution in [3.8, 4) is 0 Å². The van der Waals surface area contributed by atoms with Crippen molar-refractivity contribution in [1.82, 2.24) is 0 Å². The maximum Gasteiger partial charge on any atom is 0.101 e. The number of alkyl halides is 1. The molecule has 0 aliphatic heterocycles. The van der Waals surface area contributed by atoms with E-state index in [4.69, 9.17) is 20.8 Å². The van der Waals surface area contributed by atoms with Crippen molar-refractivity contribution in [2.24, 2.45) is 0 Å². The Morgan fingerprint density at radius 2 is 1.94 bits per heavy atom. The lowest BCUT2D eigenvalue weighted by molar-refractivity contribution is 0.202. The van der Waals surface area contributed by atoms with Gasteiger partial charge in [0.1, 0.15) is 5.76 Å². The zero-order chi connectivity index (χ0) is 13.0. The van der Waals surface area contributed by atoms with Crippen molar-refractivity contribution >= 4 is 11.6 Å². The summed E-state index contributed by atoms with van der Waals surface area (Å²) in [5.41, 5.74) is 3.34. The molecular formula is C15H17ClO2. The Balaban J connectivity index is 2.09. The molecule has 2 nitrogen and oxygen atoms in total. The molecular weight excluding hydrogens is 248 g/mol. The first-order valence-corrected chi connectivity index (χ1v) is 6.41. The zero-order valence-electron chi connectivity index (χ0n) is 10.7. The van der Waals surface area contributed by atoms with Crippen molar-refractivity contribution in [1.29, 1.82) is 0 Å². The number of ether oxygens (including phenoxy) is 1. The molecule has 1 heterocycles. The second-order valence-electron chi connectivity index (χ2n) is 4.34. The molecule has 0 bridgehead atoms.